The number of pyridine rings is 1. The Morgan fingerprint density at radius 2 is 1.82 bits per heavy atom. The molecule has 0 bridgehead atoms. The Morgan fingerprint density at radius 1 is 1.14 bits per heavy atom. The third-order valence-corrected chi connectivity index (χ3v) is 11.7. The summed E-state index contributed by atoms with van der Waals surface area (Å²) in [7, 11) is 0. The van der Waals surface area contributed by atoms with Gasteiger partial charge in [0.1, 0.15) is 17.7 Å². The predicted molar refractivity (Wildman–Crippen MR) is 184 cm³/mol. The average Bonchev–Trinajstić information content (AvgIpc) is 3.72. The van der Waals surface area contributed by atoms with Gasteiger partial charge in [-0.25, -0.2) is 9.59 Å². The van der Waals surface area contributed by atoms with Crippen LogP contribution in [0.25, 0.3) is 0 Å². The van der Waals surface area contributed by atoms with Gasteiger partial charge in [-0.15, -0.1) is 11.8 Å². The number of carbonyl (C=O) groups excluding carboxylic acids is 3. The lowest BCUT2D eigenvalue weighted by atomic mass is 9.73. The molecule has 0 radical (unpaired) electrons. The van der Waals surface area contributed by atoms with E-state index in [1.807, 2.05) is 17.4 Å². The Balaban J connectivity index is 1.67. The second kappa shape index (κ2) is 17.6. The lowest BCUT2D eigenvalue weighted by Crippen LogP contribution is -2.54. The zero-order valence-corrected chi connectivity index (χ0v) is 29.5. The Morgan fingerprint density at radius 3 is 2.43 bits per heavy atom. The van der Waals surface area contributed by atoms with Crippen molar-refractivity contribution in [3.8, 4) is 0 Å². The molecule has 0 aromatic carbocycles. The molecule has 3 aliphatic rings. The molecule has 280 valence electrons. The highest BCUT2D eigenvalue weighted by molar-refractivity contribution is 8.00. The van der Waals surface area contributed by atoms with E-state index in [2.05, 4.69) is 17.2 Å². The van der Waals surface area contributed by atoms with Gasteiger partial charge in [-0.3, -0.25) is 25.1 Å². The standard InChI is InChI=1S/C35H48N4O11S/c1-2-34(12-3-4-13-34)28(51-19-24(29(42)39-30(43)31(44)45)38-25(41)9-14-35(36,49)33(47)48)27-23-8-7-21(18-20-10-15-37-16-11-20)22(6-5-17-40)26(23)32(46)50-27/h10-11,15-16,24,26,28,30,40,43,49H,2-9,12-14,17-19,36H2,1H3,(H,38,41)(H,39,42)(H,44,45)(H,47,48)/t24-,26+,28-,30-,35+/m0/s1. The minimum absolute atomic E-state index is 0.0379. The number of amides is 2. The topological polar surface area (TPSA) is 259 Å². The summed E-state index contributed by atoms with van der Waals surface area (Å²) < 4.78 is 6.20. The fourth-order valence-corrected chi connectivity index (χ4v) is 9.04. The molecule has 1 aromatic heterocycles. The Hall–Kier alpha value is -3.83. The first-order valence-electron chi connectivity index (χ1n) is 17.2. The molecule has 1 saturated carbocycles. The molecule has 1 fully saturated rings. The lowest BCUT2D eigenvalue weighted by molar-refractivity contribution is -0.159. The summed E-state index contributed by atoms with van der Waals surface area (Å²) in [5.41, 5.74) is 6.32. The summed E-state index contributed by atoms with van der Waals surface area (Å²) in [5.74, 6) is -5.89. The maximum atomic E-state index is 13.8. The van der Waals surface area contributed by atoms with Crippen LogP contribution >= 0.6 is 11.8 Å². The number of aliphatic hydroxyl groups is 3. The Kier molecular flexibility index (Phi) is 13.8. The number of ether oxygens (including phenoxy) is 1. The highest BCUT2D eigenvalue weighted by Gasteiger charge is 2.50. The number of rotatable bonds is 19. The molecule has 2 heterocycles. The van der Waals surface area contributed by atoms with Crippen LogP contribution in [0.3, 0.4) is 0 Å². The van der Waals surface area contributed by atoms with Gasteiger partial charge < -0.3 is 40.9 Å². The van der Waals surface area contributed by atoms with Crippen molar-refractivity contribution in [2.24, 2.45) is 17.1 Å². The molecule has 51 heavy (non-hydrogen) atoms. The van der Waals surface area contributed by atoms with Gasteiger partial charge in [0.05, 0.1) is 5.25 Å². The van der Waals surface area contributed by atoms with E-state index in [1.54, 1.807) is 12.4 Å². The van der Waals surface area contributed by atoms with Crippen LogP contribution in [0.4, 0.5) is 0 Å². The number of nitrogens with zero attached hydrogens (tertiary/aromatic N) is 1. The molecule has 0 saturated heterocycles. The maximum Gasteiger partial charge on any atom is 0.353 e. The summed E-state index contributed by atoms with van der Waals surface area (Å²) in [4.78, 5) is 66.6. The highest BCUT2D eigenvalue weighted by Crippen LogP contribution is 2.55. The summed E-state index contributed by atoms with van der Waals surface area (Å²) >= 11 is 1.29. The van der Waals surface area contributed by atoms with Crippen molar-refractivity contribution in [2.45, 2.75) is 107 Å². The van der Waals surface area contributed by atoms with Crippen LogP contribution in [-0.4, -0.2) is 95.8 Å². The number of esters is 1. The van der Waals surface area contributed by atoms with Crippen molar-refractivity contribution in [3.63, 3.8) is 0 Å². The molecule has 1 aliphatic heterocycles. The summed E-state index contributed by atoms with van der Waals surface area (Å²) in [6, 6.07) is 2.46. The van der Waals surface area contributed by atoms with E-state index in [9.17, 15) is 44.4 Å². The molecule has 1 aromatic rings. The zero-order valence-electron chi connectivity index (χ0n) is 28.6. The van der Waals surface area contributed by atoms with E-state index < -0.39 is 71.7 Å². The van der Waals surface area contributed by atoms with E-state index in [-0.39, 0.29) is 17.8 Å². The maximum absolute atomic E-state index is 13.8. The van der Waals surface area contributed by atoms with Crippen LogP contribution in [0.5, 0.6) is 0 Å². The van der Waals surface area contributed by atoms with Gasteiger partial charge in [0.2, 0.25) is 23.8 Å². The molecule has 2 aliphatic carbocycles. The first-order chi connectivity index (χ1) is 24.2. The second-order valence-corrected chi connectivity index (χ2v) is 14.6. The summed E-state index contributed by atoms with van der Waals surface area (Å²) in [5, 5.41) is 51.7. The third kappa shape index (κ3) is 9.74. The smallest absolute Gasteiger partial charge is 0.353 e. The minimum Gasteiger partial charge on any atom is -0.478 e. The van der Waals surface area contributed by atoms with Crippen molar-refractivity contribution in [1.82, 2.24) is 15.6 Å². The highest BCUT2D eigenvalue weighted by atomic mass is 32.2. The molecular formula is C35H48N4O11S. The van der Waals surface area contributed by atoms with Crippen LogP contribution < -0.4 is 16.4 Å². The van der Waals surface area contributed by atoms with Crippen molar-refractivity contribution >= 4 is 41.5 Å². The number of aliphatic carboxylic acids is 2. The molecule has 0 spiro atoms. The number of hydrogen-bond donors (Lipinski definition) is 8. The quantitative estimate of drug-likeness (QED) is 0.0570. The fourth-order valence-electron chi connectivity index (χ4n) is 7.31. The average molecular weight is 733 g/mol. The van der Waals surface area contributed by atoms with Gasteiger partial charge in [0.25, 0.3) is 0 Å². The van der Waals surface area contributed by atoms with E-state index in [4.69, 9.17) is 15.6 Å². The molecular weight excluding hydrogens is 684 g/mol. The molecule has 16 heteroatoms. The molecule has 9 N–H and O–H groups in total. The van der Waals surface area contributed by atoms with Crippen molar-refractivity contribution < 1.29 is 54.2 Å². The molecule has 2 amide bonds. The zero-order chi connectivity index (χ0) is 37.3. The van der Waals surface area contributed by atoms with Crippen molar-refractivity contribution in [1.29, 1.82) is 0 Å². The van der Waals surface area contributed by atoms with E-state index in [0.29, 0.717) is 37.9 Å². The van der Waals surface area contributed by atoms with Gasteiger partial charge in [-0.2, -0.15) is 0 Å². The minimum atomic E-state index is -2.69. The van der Waals surface area contributed by atoms with Crippen molar-refractivity contribution in [2.75, 3.05) is 12.4 Å². The summed E-state index contributed by atoms with van der Waals surface area (Å²) in [6.07, 6.45) is 7.10. The monoisotopic (exact) mass is 732 g/mol. The predicted octanol–water partition coefficient (Wildman–Crippen LogP) is 1.50. The second-order valence-electron chi connectivity index (χ2n) is 13.5. The van der Waals surface area contributed by atoms with Crippen LogP contribution in [0.1, 0.15) is 83.1 Å². The first kappa shape index (κ1) is 39.9. The number of fused-ring (bicyclic) bond motifs is 1. The number of nitrogens with one attached hydrogen (secondary N) is 2. The van der Waals surface area contributed by atoms with Crippen LogP contribution in [0.2, 0.25) is 0 Å². The number of cyclic esters (lactones) is 1. The largest absolute Gasteiger partial charge is 0.478 e. The molecule has 5 atom stereocenters. The number of carboxylic acid groups (broad SMARTS) is 2. The number of hydrogen-bond acceptors (Lipinski definition) is 12. The lowest BCUT2D eigenvalue weighted by Gasteiger charge is -2.38. The number of aliphatic hydroxyl groups excluding tert-OH is 2. The summed E-state index contributed by atoms with van der Waals surface area (Å²) in [6.45, 7) is 2.02. The van der Waals surface area contributed by atoms with Crippen LogP contribution in [0.15, 0.2) is 47.0 Å². The normalized spacial score (nSPS) is 21.3. The number of aromatic nitrogens is 1. The van der Waals surface area contributed by atoms with Gasteiger partial charge in [0.15, 0.2) is 0 Å². The first-order valence-corrected chi connectivity index (χ1v) is 18.3. The van der Waals surface area contributed by atoms with Gasteiger partial charge in [0, 0.05) is 37.6 Å². The van der Waals surface area contributed by atoms with E-state index in [1.165, 1.54) is 11.8 Å². The van der Waals surface area contributed by atoms with Gasteiger partial charge >= 0.3 is 17.9 Å². The molecule has 15 nitrogen and oxygen atoms in total. The number of allylic oxidation sites excluding steroid dienone is 1. The fraction of sp³-hybridized carbons (Fsp3) is 0.600. The molecule has 0 unspecified atom stereocenters. The van der Waals surface area contributed by atoms with Gasteiger partial charge in [-0.05, 0) is 80.1 Å². The Labute approximate surface area is 300 Å². The third-order valence-electron chi connectivity index (χ3n) is 10.2. The van der Waals surface area contributed by atoms with Crippen LogP contribution in [-0.2, 0) is 35.1 Å². The van der Waals surface area contributed by atoms with Crippen LogP contribution in [0, 0.1) is 11.3 Å². The SMILES string of the molecule is CCC1([C@@H](SC[C@H](NC(=O)CC[C@@](N)(O)C(=O)O)C(=O)N[C@@H](O)C(=O)O)C2=C3CCC(Cc4ccncc4)=C(CCCO)[C@H]3C(=O)O2)CCCC1. The Bertz CT molecular complexity index is 1520. The van der Waals surface area contributed by atoms with E-state index >= 15 is 0 Å². The number of nitrogens with two attached hydrogens (primary N) is 1. The van der Waals surface area contributed by atoms with Gasteiger partial charge in [-0.1, -0.05) is 30.9 Å². The van der Waals surface area contributed by atoms with Crippen molar-refractivity contribution in [3.05, 3.63) is 52.6 Å². The van der Waals surface area contributed by atoms with E-state index in [0.717, 1.165) is 54.4 Å². The number of thioether (sulfide) groups is 1. The molecule has 4 rings (SSSR count). The number of carboxylic acids is 2. The number of carbonyl (C=O) groups is 5.